The Morgan fingerprint density at radius 3 is 2.53 bits per heavy atom. The molecular formula is C13H25N3O. The molecule has 0 aliphatic heterocycles. The summed E-state index contributed by atoms with van der Waals surface area (Å²) >= 11 is 0. The maximum absolute atomic E-state index is 12.2. The van der Waals surface area contributed by atoms with Gasteiger partial charge in [0.05, 0.1) is 18.4 Å². The first-order valence-electron chi connectivity index (χ1n) is 6.42. The second-order valence-electron chi connectivity index (χ2n) is 4.81. The highest BCUT2D eigenvalue weighted by Crippen LogP contribution is 2.11. The van der Waals surface area contributed by atoms with E-state index in [1.165, 1.54) is 0 Å². The fourth-order valence-electron chi connectivity index (χ4n) is 1.87. The molecule has 0 bridgehead atoms. The maximum atomic E-state index is 12.2. The molecule has 0 radical (unpaired) electrons. The van der Waals surface area contributed by atoms with Crippen LogP contribution in [0.1, 0.15) is 40.0 Å². The molecular weight excluding hydrogens is 214 g/mol. The first-order chi connectivity index (χ1) is 8.06. The number of rotatable bonds is 8. The van der Waals surface area contributed by atoms with Crippen LogP contribution in [0.25, 0.3) is 0 Å². The molecule has 0 spiro atoms. The van der Waals surface area contributed by atoms with E-state index in [-0.39, 0.29) is 11.8 Å². The molecule has 1 amide bonds. The number of carbonyl (C=O) groups excluding carboxylic acids is 1. The quantitative estimate of drug-likeness (QED) is 0.701. The van der Waals surface area contributed by atoms with Gasteiger partial charge in [0.15, 0.2) is 0 Å². The molecule has 17 heavy (non-hydrogen) atoms. The Morgan fingerprint density at radius 1 is 1.47 bits per heavy atom. The van der Waals surface area contributed by atoms with Gasteiger partial charge < -0.3 is 10.6 Å². The van der Waals surface area contributed by atoms with Crippen molar-refractivity contribution < 1.29 is 4.79 Å². The van der Waals surface area contributed by atoms with Gasteiger partial charge in [-0.25, -0.2) is 0 Å². The van der Waals surface area contributed by atoms with Crippen molar-refractivity contribution in [3.63, 3.8) is 0 Å². The second-order valence-corrected chi connectivity index (χ2v) is 4.81. The molecule has 0 aromatic rings. The number of nitrogens with zero attached hydrogens (tertiary/aromatic N) is 2. The van der Waals surface area contributed by atoms with Crippen molar-refractivity contribution >= 4 is 5.91 Å². The van der Waals surface area contributed by atoms with Crippen LogP contribution < -0.4 is 5.73 Å². The smallest absolute Gasteiger partial charge is 0.226 e. The van der Waals surface area contributed by atoms with Gasteiger partial charge in [0.25, 0.3) is 0 Å². The van der Waals surface area contributed by atoms with Crippen molar-refractivity contribution in [1.29, 1.82) is 5.26 Å². The van der Waals surface area contributed by atoms with E-state index in [4.69, 9.17) is 11.0 Å². The topological polar surface area (TPSA) is 70.1 Å². The zero-order chi connectivity index (χ0) is 13.3. The van der Waals surface area contributed by atoms with E-state index in [9.17, 15) is 4.79 Å². The van der Waals surface area contributed by atoms with Crippen molar-refractivity contribution in [2.45, 2.75) is 40.0 Å². The second kappa shape index (κ2) is 9.00. The van der Waals surface area contributed by atoms with Crippen LogP contribution in [-0.4, -0.2) is 30.4 Å². The summed E-state index contributed by atoms with van der Waals surface area (Å²) in [4.78, 5) is 14.0. The van der Waals surface area contributed by atoms with E-state index < -0.39 is 0 Å². The Bertz CT molecular complexity index is 258. The van der Waals surface area contributed by atoms with Crippen LogP contribution in [0, 0.1) is 23.2 Å². The van der Waals surface area contributed by atoms with Gasteiger partial charge in [-0.3, -0.25) is 4.79 Å². The maximum Gasteiger partial charge on any atom is 0.226 e. The molecule has 1 unspecified atom stereocenters. The van der Waals surface area contributed by atoms with Crippen LogP contribution in [0.2, 0.25) is 0 Å². The van der Waals surface area contributed by atoms with Gasteiger partial charge in [-0.05, 0) is 12.3 Å². The van der Waals surface area contributed by atoms with Gasteiger partial charge in [0.2, 0.25) is 5.91 Å². The SMILES string of the molecule is CCCC(CN)C(=O)N(CCC#N)CC(C)C. The van der Waals surface area contributed by atoms with Crippen LogP contribution in [0.15, 0.2) is 0 Å². The summed E-state index contributed by atoms with van der Waals surface area (Å²) in [5.74, 6) is 0.438. The van der Waals surface area contributed by atoms with Gasteiger partial charge in [0, 0.05) is 19.6 Å². The van der Waals surface area contributed by atoms with E-state index in [0.717, 1.165) is 12.8 Å². The predicted octanol–water partition coefficient (Wildman–Crippen LogP) is 1.76. The fraction of sp³-hybridized carbons (Fsp3) is 0.846. The highest BCUT2D eigenvalue weighted by atomic mass is 16.2. The standard InChI is InChI=1S/C13H25N3O/c1-4-6-12(9-15)13(17)16(8-5-7-14)10-11(2)3/h11-12H,4-6,8-10,15H2,1-3H3. The van der Waals surface area contributed by atoms with Crippen molar-refractivity contribution in [3.8, 4) is 6.07 Å². The Morgan fingerprint density at radius 2 is 2.12 bits per heavy atom. The lowest BCUT2D eigenvalue weighted by molar-refractivity contribution is -0.136. The molecule has 0 aliphatic rings. The van der Waals surface area contributed by atoms with E-state index in [1.54, 1.807) is 4.90 Å². The van der Waals surface area contributed by atoms with Gasteiger partial charge in [-0.1, -0.05) is 27.2 Å². The molecule has 0 aromatic carbocycles. The molecule has 2 N–H and O–H groups in total. The van der Waals surface area contributed by atoms with Gasteiger partial charge in [0.1, 0.15) is 0 Å². The van der Waals surface area contributed by atoms with Crippen molar-refractivity contribution in [2.75, 3.05) is 19.6 Å². The first kappa shape index (κ1) is 15.9. The molecule has 0 saturated carbocycles. The number of nitrogens with two attached hydrogens (primary N) is 1. The van der Waals surface area contributed by atoms with Crippen LogP contribution in [0.4, 0.5) is 0 Å². The van der Waals surface area contributed by atoms with Crippen LogP contribution in [0.3, 0.4) is 0 Å². The molecule has 98 valence electrons. The van der Waals surface area contributed by atoms with Crippen molar-refractivity contribution in [3.05, 3.63) is 0 Å². The van der Waals surface area contributed by atoms with E-state index in [0.29, 0.717) is 32.0 Å². The minimum absolute atomic E-state index is 0.0857. The lowest BCUT2D eigenvalue weighted by atomic mass is 10.0. The van der Waals surface area contributed by atoms with Crippen LogP contribution in [-0.2, 0) is 4.79 Å². The summed E-state index contributed by atoms with van der Waals surface area (Å²) < 4.78 is 0. The van der Waals surface area contributed by atoms with Crippen molar-refractivity contribution in [1.82, 2.24) is 4.90 Å². The molecule has 4 nitrogen and oxygen atoms in total. The zero-order valence-corrected chi connectivity index (χ0v) is 11.3. The highest BCUT2D eigenvalue weighted by molar-refractivity contribution is 5.79. The largest absolute Gasteiger partial charge is 0.341 e. The predicted molar refractivity (Wildman–Crippen MR) is 69.1 cm³/mol. The Hall–Kier alpha value is -1.08. The highest BCUT2D eigenvalue weighted by Gasteiger charge is 2.22. The molecule has 1 atom stereocenters. The number of hydrogen-bond acceptors (Lipinski definition) is 3. The lowest BCUT2D eigenvalue weighted by Crippen LogP contribution is -2.41. The normalized spacial score (nSPS) is 12.2. The zero-order valence-electron chi connectivity index (χ0n) is 11.3. The Kier molecular flexibility index (Phi) is 8.43. The van der Waals surface area contributed by atoms with E-state index >= 15 is 0 Å². The molecule has 4 heteroatoms. The molecule has 0 saturated heterocycles. The molecule has 0 rings (SSSR count). The van der Waals surface area contributed by atoms with Gasteiger partial charge in [-0.2, -0.15) is 5.26 Å². The summed E-state index contributed by atoms with van der Waals surface area (Å²) in [6.07, 6.45) is 2.18. The monoisotopic (exact) mass is 239 g/mol. The van der Waals surface area contributed by atoms with Crippen molar-refractivity contribution in [2.24, 2.45) is 17.6 Å². The average Bonchev–Trinajstić information content (AvgIpc) is 2.30. The lowest BCUT2D eigenvalue weighted by Gasteiger charge is -2.27. The van der Waals surface area contributed by atoms with Gasteiger partial charge >= 0.3 is 0 Å². The van der Waals surface area contributed by atoms with Crippen LogP contribution in [0.5, 0.6) is 0 Å². The third-order valence-electron chi connectivity index (χ3n) is 2.66. The van der Waals surface area contributed by atoms with E-state index in [1.807, 2.05) is 0 Å². The Balaban J connectivity index is 4.53. The van der Waals surface area contributed by atoms with Gasteiger partial charge in [-0.15, -0.1) is 0 Å². The number of carbonyl (C=O) groups is 1. The number of nitriles is 1. The average molecular weight is 239 g/mol. The third-order valence-corrected chi connectivity index (χ3v) is 2.66. The summed E-state index contributed by atoms with van der Waals surface area (Å²) in [5.41, 5.74) is 5.64. The minimum Gasteiger partial charge on any atom is -0.341 e. The first-order valence-corrected chi connectivity index (χ1v) is 6.42. The number of amides is 1. The molecule has 0 aliphatic carbocycles. The number of hydrogen-bond donors (Lipinski definition) is 1. The van der Waals surface area contributed by atoms with Crippen LogP contribution >= 0.6 is 0 Å². The Labute approximate surface area is 105 Å². The summed E-state index contributed by atoms with van der Waals surface area (Å²) in [6, 6.07) is 2.09. The summed E-state index contributed by atoms with van der Waals surface area (Å²) in [7, 11) is 0. The molecule has 0 aromatic heterocycles. The summed E-state index contributed by atoms with van der Waals surface area (Å²) in [6.45, 7) is 7.83. The third kappa shape index (κ3) is 6.28. The molecule has 0 heterocycles. The van der Waals surface area contributed by atoms with E-state index in [2.05, 4.69) is 26.8 Å². The molecule has 0 fully saturated rings. The fourth-order valence-corrected chi connectivity index (χ4v) is 1.87. The minimum atomic E-state index is -0.0857. The summed E-state index contributed by atoms with van der Waals surface area (Å²) in [5, 5.41) is 8.62.